The number of benzene rings is 2. The number of rotatable bonds is 12. The van der Waals surface area contributed by atoms with Gasteiger partial charge in [0.25, 0.3) is 22.2 Å². The fourth-order valence-corrected chi connectivity index (χ4v) is 16.7. The number of thiophene rings is 4. The highest BCUT2D eigenvalue weighted by atomic mass is 79.9. The van der Waals surface area contributed by atoms with Gasteiger partial charge in [-0.2, -0.15) is 0 Å². The molecule has 0 amide bonds. The molecule has 12 aromatic heterocycles. The van der Waals surface area contributed by atoms with Crippen molar-refractivity contribution in [1.82, 2.24) is 59.8 Å². The van der Waals surface area contributed by atoms with Crippen LogP contribution in [0.2, 0.25) is 0 Å². The third-order valence-electron chi connectivity index (χ3n) is 16.9. The second-order valence-corrected chi connectivity index (χ2v) is 29.6. The maximum absolute atomic E-state index is 12.6. The number of nitrogens with zero attached hydrogens (tertiary/aromatic N) is 8. The lowest BCUT2D eigenvalue weighted by Gasteiger charge is -2.16. The van der Waals surface area contributed by atoms with Crippen LogP contribution in [0.4, 0.5) is 0 Å². The SMILES string of the molecule is CC(C)(C)c1sc2c(=O)[nH]c(-c3ccccn3)nc2c1Br.CC[C@H]1O[C@@H](c2csc3c(=O)[nH]c(-c4ccccn4)nc23)[C@H](O)[C@@H]1O.Cc1ccc(-c2csc3c(=O)[nH]c(-c4ccccn4)nc23)cc1.Cc1ccc(COC[C@H]2O[C@@H](c3csc4c(=O)[nH]c(-c5ccccn5)nc34)[C@H](O)[C@@H]2O)cc1. The van der Waals surface area contributed by atoms with Crippen LogP contribution in [0.15, 0.2) is 186 Å². The molecule has 23 nitrogen and oxygen atoms in total. The topological polar surface area (TPSA) is 343 Å². The van der Waals surface area contributed by atoms with Gasteiger partial charge in [0.05, 0.1) is 40.3 Å². The molecule has 520 valence electrons. The number of aliphatic hydroxyl groups is 4. The summed E-state index contributed by atoms with van der Waals surface area (Å²) in [7, 11) is 0. The lowest BCUT2D eigenvalue weighted by molar-refractivity contribution is -0.0486. The van der Waals surface area contributed by atoms with E-state index >= 15 is 0 Å². The summed E-state index contributed by atoms with van der Waals surface area (Å²) in [5, 5.41) is 47.2. The first kappa shape index (κ1) is 71.0. The molecule has 28 heteroatoms. The van der Waals surface area contributed by atoms with Gasteiger partial charge in [0.1, 0.15) is 89.8 Å². The smallest absolute Gasteiger partial charge is 0.269 e. The van der Waals surface area contributed by atoms with E-state index in [4.69, 9.17) is 14.2 Å². The van der Waals surface area contributed by atoms with Crippen molar-refractivity contribution in [3.05, 3.63) is 241 Å². The molecule has 8 atom stereocenters. The van der Waals surface area contributed by atoms with Gasteiger partial charge >= 0.3 is 0 Å². The molecule has 0 aliphatic carbocycles. The molecule has 2 aliphatic rings. The molecule has 14 heterocycles. The number of pyridine rings is 4. The Bertz CT molecular complexity index is 5520. The molecule has 0 bridgehead atoms. The molecule has 16 rings (SSSR count). The molecule has 0 unspecified atom stereocenters. The van der Waals surface area contributed by atoms with Crippen LogP contribution in [0.3, 0.4) is 0 Å². The van der Waals surface area contributed by atoms with Crippen molar-refractivity contribution >= 4 is 102 Å². The molecule has 0 spiro atoms. The number of aliphatic hydroxyl groups excluding tert-OH is 4. The largest absolute Gasteiger partial charge is 0.388 e. The Morgan fingerprint density at radius 1 is 0.490 bits per heavy atom. The number of halogens is 1. The number of aryl methyl sites for hydroxylation is 2. The standard InChI is InChI=1S/C24H23N3O5S.C18H13N3OS.C17H17N3O4S.C15H14BrN3OS/c1-13-5-7-14(8-6-13)10-31-11-17-19(28)20(29)21(32-17)15-12-33-22-18(15)26-23(27-24(22)30)16-4-2-3-9-25-16;1-11-5-7-12(8-6-11)13-10-23-16-15(13)20-17(21-18(16)22)14-4-2-3-9-19-14;1-2-10-12(21)13(22)14(24-10)8-7-25-15-11(8)19-16(20-17(15)23)9-5-3-4-6-18-9;1-15(2,3)12-9(16)10-11(21-12)14(20)19-13(18-10)8-6-4-5-7-17-8/h2-9,12,17,19-21,28-29H,10-11H2,1H3,(H,26,27,30);2-10H,1H3,(H,20,21,22);3-7,10,12-14,21-22H,2H2,1H3,(H,19,20,23);4-7H,1-3H3,(H,18,19,20)/t17-,19-,20-,21+;;10-,12-,13-,14+;/m1.1./s1. The molecule has 2 fully saturated rings. The Morgan fingerprint density at radius 3 is 1.30 bits per heavy atom. The maximum atomic E-state index is 12.6. The number of H-pyrrole nitrogens is 4. The molecule has 2 aromatic carbocycles. The zero-order valence-electron chi connectivity index (χ0n) is 55.6. The zero-order valence-corrected chi connectivity index (χ0v) is 60.4. The first-order chi connectivity index (χ1) is 49.2. The van der Waals surface area contributed by atoms with E-state index in [2.05, 4.69) is 128 Å². The first-order valence-electron chi connectivity index (χ1n) is 32.4. The van der Waals surface area contributed by atoms with Crippen molar-refractivity contribution in [1.29, 1.82) is 0 Å². The van der Waals surface area contributed by atoms with Gasteiger partial charge < -0.3 is 54.6 Å². The minimum absolute atomic E-state index is 0.0399. The third-order valence-corrected chi connectivity index (χ3v) is 22.5. The number of ether oxygens (including phenoxy) is 3. The maximum Gasteiger partial charge on any atom is 0.269 e. The number of hydrogen-bond donors (Lipinski definition) is 8. The van der Waals surface area contributed by atoms with Crippen molar-refractivity contribution in [2.75, 3.05) is 6.61 Å². The summed E-state index contributed by atoms with van der Waals surface area (Å²) < 4.78 is 20.6. The van der Waals surface area contributed by atoms with Gasteiger partial charge in [-0.15, -0.1) is 45.3 Å². The summed E-state index contributed by atoms with van der Waals surface area (Å²) >= 11 is 8.97. The Hall–Kier alpha value is -9.40. The van der Waals surface area contributed by atoms with Gasteiger partial charge in [0.15, 0.2) is 23.3 Å². The normalized spacial score (nSPS) is 18.8. The highest BCUT2D eigenvalue weighted by Crippen LogP contribution is 2.43. The lowest BCUT2D eigenvalue weighted by atomic mass is 9.95. The Labute approximate surface area is 605 Å². The molecule has 0 radical (unpaired) electrons. The molecule has 2 aliphatic heterocycles. The van der Waals surface area contributed by atoms with Crippen LogP contribution in [0.5, 0.6) is 0 Å². The quantitative estimate of drug-likeness (QED) is 0.0563. The molecule has 8 N–H and O–H groups in total. The monoisotopic (exact) mass is 1510 g/mol. The average molecular weight is 1510 g/mol. The van der Waals surface area contributed by atoms with E-state index in [1.807, 2.05) is 92.0 Å². The number of nitrogens with one attached hydrogen (secondary N) is 4. The average Bonchev–Trinajstić information content (AvgIpc) is 1.62. The summed E-state index contributed by atoms with van der Waals surface area (Å²) in [6, 6.07) is 38.0. The Kier molecular flexibility index (Phi) is 21.3. The molecule has 2 saturated heterocycles. The van der Waals surface area contributed by atoms with Crippen molar-refractivity contribution in [3.63, 3.8) is 0 Å². The summed E-state index contributed by atoms with van der Waals surface area (Å²) in [4.78, 5) is 97.3. The molecular formula is C74H67BrN12O11S4. The van der Waals surface area contributed by atoms with E-state index in [-0.39, 0.29) is 34.3 Å². The van der Waals surface area contributed by atoms with Crippen LogP contribution in [0, 0.1) is 13.8 Å². The highest BCUT2D eigenvalue weighted by Gasteiger charge is 2.46. The number of fused-ring (bicyclic) bond motifs is 4. The summed E-state index contributed by atoms with van der Waals surface area (Å²) in [6.07, 6.45) is 0.220. The van der Waals surface area contributed by atoms with Crippen LogP contribution in [0.1, 0.15) is 79.0 Å². The summed E-state index contributed by atoms with van der Waals surface area (Å²) in [6.45, 7) is 12.8. The van der Waals surface area contributed by atoms with Crippen LogP contribution < -0.4 is 22.2 Å². The van der Waals surface area contributed by atoms with Gasteiger partial charge in [-0.1, -0.05) is 112 Å². The van der Waals surface area contributed by atoms with Gasteiger partial charge in [-0.3, -0.25) is 39.1 Å². The van der Waals surface area contributed by atoms with E-state index < -0.39 is 48.8 Å². The van der Waals surface area contributed by atoms with E-state index in [9.17, 15) is 39.6 Å². The summed E-state index contributed by atoms with van der Waals surface area (Å²) in [5.41, 5.74) is 10.5. The van der Waals surface area contributed by atoms with Crippen molar-refractivity contribution in [2.45, 2.75) is 109 Å². The minimum Gasteiger partial charge on any atom is -0.388 e. The molecular weight excluding hydrogens is 1440 g/mol. The Morgan fingerprint density at radius 2 is 0.882 bits per heavy atom. The van der Waals surface area contributed by atoms with Crippen LogP contribution >= 0.6 is 61.3 Å². The predicted molar refractivity (Wildman–Crippen MR) is 401 cm³/mol. The molecule has 14 aromatic rings. The lowest BCUT2D eigenvalue weighted by Crippen LogP contribution is -2.33. The zero-order chi connectivity index (χ0) is 71.5. The minimum atomic E-state index is -1.17. The highest BCUT2D eigenvalue weighted by molar-refractivity contribution is 9.10. The van der Waals surface area contributed by atoms with E-state index in [1.165, 1.54) is 56.5 Å². The predicted octanol–water partition coefficient (Wildman–Crippen LogP) is 12.5. The fraction of sp³-hybridized carbons (Fsp3) is 0.243. The van der Waals surface area contributed by atoms with Crippen LogP contribution in [-0.2, 0) is 26.2 Å². The second kappa shape index (κ2) is 30.7. The van der Waals surface area contributed by atoms with Gasteiger partial charge in [-0.25, -0.2) is 19.9 Å². The van der Waals surface area contributed by atoms with E-state index in [0.29, 0.717) is 106 Å². The van der Waals surface area contributed by atoms with Crippen molar-refractivity contribution in [2.24, 2.45) is 0 Å². The van der Waals surface area contributed by atoms with E-state index in [0.717, 1.165) is 31.6 Å². The van der Waals surface area contributed by atoms with Gasteiger partial charge in [0, 0.05) is 51.7 Å². The van der Waals surface area contributed by atoms with Crippen LogP contribution in [-0.4, -0.2) is 123 Å². The van der Waals surface area contributed by atoms with Gasteiger partial charge in [0.2, 0.25) is 0 Å². The summed E-state index contributed by atoms with van der Waals surface area (Å²) in [5.74, 6) is 1.68. The molecule has 102 heavy (non-hydrogen) atoms. The third kappa shape index (κ3) is 15.1. The van der Waals surface area contributed by atoms with Gasteiger partial charge in [-0.05, 0) is 112 Å². The fourth-order valence-electron chi connectivity index (χ4n) is 11.6. The number of aromatic nitrogens is 12. The van der Waals surface area contributed by atoms with Crippen LogP contribution in [0.25, 0.3) is 98.1 Å². The van der Waals surface area contributed by atoms with E-state index in [1.54, 1.807) is 59.8 Å². The Balaban J connectivity index is 0.000000123. The second-order valence-electron chi connectivity index (χ2n) is 25.2. The number of aromatic amines is 4. The molecule has 0 saturated carbocycles. The first-order valence-corrected chi connectivity index (χ1v) is 36.6. The van der Waals surface area contributed by atoms with Crippen molar-refractivity contribution in [3.8, 4) is 57.2 Å². The van der Waals surface area contributed by atoms with Crippen molar-refractivity contribution < 1.29 is 34.6 Å². The number of hydrogen-bond acceptors (Lipinski definition) is 23.